The van der Waals surface area contributed by atoms with Crippen LogP contribution in [0.4, 0.5) is 5.82 Å². The number of fused-ring (bicyclic) bond motifs is 1. The predicted molar refractivity (Wildman–Crippen MR) is 86.0 cm³/mol. The number of benzene rings is 1. The van der Waals surface area contributed by atoms with Crippen molar-refractivity contribution in [2.45, 2.75) is 39.2 Å². The molecule has 1 saturated carbocycles. The molecule has 1 aromatic heterocycles. The van der Waals surface area contributed by atoms with E-state index in [9.17, 15) is 0 Å². The molecule has 0 aliphatic heterocycles. The van der Waals surface area contributed by atoms with E-state index in [0.717, 1.165) is 23.2 Å². The predicted octanol–water partition coefficient (Wildman–Crippen LogP) is 3.77. The van der Waals surface area contributed by atoms with Gasteiger partial charge in [0.25, 0.3) is 0 Å². The van der Waals surface area contributed by atoms with Crippen LogP contribution in [0, 0.1) is 17.8 Å². The lowest BCUT2D eigenvalue weighted by molar-refractivity contribution is -0.431. The van der Waals surface area contributed by atoms with E-state index < -0.39 is 0 Å². The zero-order chi connectivity index (χ0) is 14.4. The normalized spacial score (nSPS) is 29.4. The van der Waals surface area contributed by atoms with Gasteiger partial charge < -0.3 is 0 Å². The Hall–Kier alpha value is -1.77. The Bertz CT molecular complexity index is 681. The molecule has 1 aromatic carbocycles. The second-order valence-corrected chi connectivity index (χ2v) is 6.90. The van der Waals surface area contributed by atoms with Gasteiger partial charge in [-0.3, -0.25) is 5.32 Å². The number of anilines is 1. The third-order valence-corrected chi connectivity index (χ3v) is 5.16. The zero-order valence-electron chi connectivity index (χ0n) is 12.8. The van der Waals surface area contributed by atoms with Crippen molar-refractivity contribution < 1.29 is 5.10 Å². The van der Waals surface area contributed by atoms with E-state index in [1.54, 1.807) is 5.57 Å². The number of aromatic amines is 2. The van der Waals surface area contributed by atoms with Crippen LogP contribution >= 0.6 is 0 Å². The summed E-state index contributed by atoms with van der Waals surface area (Å²) in [4.78, 5) is 0. The maximum Gasteiger partial charge on any atom is 0.301 e. The molecule has 1 fully saturated rings. The summed E-state index contributed by atoms with van der Waals surface area (Å²) in [6.07, 6.45) is 6.61. The van der Waals surface area contributed by atoms with Gasteiger partial charge in [0.1, 0.15) is 6.04 Å². The lowest BCUT2D eigenvalue weighted by Crippen LogP contribution is -2.33. The lowest BCUT2D eigenvalue weighted by atomic mass is 9.78. The Labute approximate surface area is 125 Å². The van der Waals surface area contributed by atoms with E-state index in [1.165, 1.54) is 24.6 Å². The first-order chi connectivity index (χ1) is 10.2. The van der Waals surface area contributed by atoms with Gasteiger partial charge in [-0.1, -0.05) is 31.6 Å². The molecule has 0 spiro atoms. The molecule has 110 valence electrons. The van der Waals surface area contributed by atoms with Crippen molar-refractivity contribution in [3.63, 3.8) is 0 Å². The summed E-state index contributed by atoms with van der Waals surface area (Å²) in [5.74, 6) is 3.43. The molecule has 0 amide bonds. The van der Waals surface area contributed by atoms with Crippen LogP contribution in [0.2, 0.25) is 0 Å². The van der Waals surface area contributed by atoms with Crippen molar-refractivity contribution in [3.05, 3.63) is 35.9 Å². The summed E-state index contributed by atoms with van der Waals surface area (Å²) in [5.41, 5.74) is 2.86. The number of H-pyrrole nitrogens is 2. The summed E-state index contributed by atoms with van der Waals surface area (Å²) in [5, 5.41) is 11.5. The molecule has 0 saturated heterocycles. The van der Waals surface area contributed by atoms with Crippen LogP contribution in [0.1, 0.15) is 33.1 Å². The summed E-state index contributed by atoms with van der Waals surface area (Å²) in [6.45, 7) is 4.76. The molecule has 3 N–H and O–H groups in total. The molecule has 3 heteroatoms. The highest BCUT2D eigenvalue weighted by Crippen LogP contribution is 2.44. The van der Waals surface area contributed by atoms with E-state index in [-0.39, 0.29) is 0 Å². The second kappa shape index (κ2) is 4.90. The fraction of sp³-hybridized carbons (Fsp3) is 0.500. The summed E-state index contributed by atoms with van der Waals surface area (Å²) in [7, 11) is 0. The van der Waals surface area contributed by atoms with Gasteiger partial charge in [-0.2, -0.15) is 5.10 Å². The highest BCUT2D eigenvalue weighted by Gasteiger charge is 2.36. The first-order valence-electron chi connectivity index (χ1n) is 8.19. The molecule has 4 rings (SSSR count). The number of nitrogens with one attached hydrogen (secondary N) is 3. The van der Waals surface area contributed by atoms with Gasteiger partial charge >= 0.3 is 5.82 Å². The van der Waals surface area contributed by atoms with Gasteiger partial charge in [0.15, 0.2) is 0 Å². The van der Waals surface area contributed by atoms with Crippen molar-refractivity contribution in [2.24, 2.45) is 17.8 Å². The number of hydrogen-bond donors (Lipinski definition) is 2. The highest BCUT2D eigenvalue weighted by molar-refractivity contribution is 5.87. The topological polar surface area (TPSA) is 42.0 Å². The number of hydrogen-bond acceptors (Lipinski definition) is 1. The average molecular weight is 282 g/mol. The molecule has 2 aliphatic carbocycles. The summed E-state index contributed by atoms with van der Waals surface area (Å²) >= 11 is 0. The van der Waals surface area contributed by atoms with Crippen molar-refractivity contribution in [1.29, 1.82) is 0 Å². The largest absolute Gasteiger partial charge is 0.301 e. The molecule has 0 bridgehead atoms. The maximum absolute atomic E-state index is 3.72. The van der Waals surface area contributed by atoms with Gasteiger partial charge in [0.05, 0.1) is 10.9 Å². The molecule has 3 unspecified atom stereocenters. The molecule has 1 heterocycles. The average Bonchev–Trinajstić information content (AvgIpc) is 3.24. The molecular formula is C18H24N3+. The lowest BCUT2D eigenvalue weighted by Gasteiger charge is -2.30. The third kappa shape index (κ3) is 2.35. The smallest absolute Gasteiger partial charge is 0.266 e. The Kier molecular flexibility index (Phi) is 3.02. The number of rotatable bonds is 3. The zero-order valence-corrected chi connectivity index (χ0v) is 12.8. The van der Waals surface area contributed by atoms with Crippen LogP contribution in [-0.2, 0) is 0 Å². The van der Waals surface area contributed by atoms with Crippen molar-refractivity contribution in [3.8, 4) is 0 Å². The van der Waals surface area contributed by atoms with E-state index in [1.807, 2.05) is 0 Å². The highest BCUT2D eigenvalue weighted by atomic mass is 15.2. The Morgan fingerprint density at radius 3 is 2.81 bits per heavy atom. The van der Waals surface area contributed by atoms with E-state index in [0.29, 0.717) is 12.0 Å². The monoisotopic (exact) mass is 282 g/mol. The number of aromatic nitrogens is 2. The molecule has 21 heavy (non-hydrogen) atoms. The van der Waals surface area contributed by atoms with Crippen molar-refractivity contribution in [1.82, 2.24) is 5.10 Å². The first kappa shape index (κ1) is 12.9. The molecule has 2 aromatic rings. The standard InChI is InChI=1S/C18H23N3/c1-11-9-12(2)17(10-15(11)13-7-8-13)19-18-14-5-3-4-6-16(14)20-21-18/h3-6,10-13,17H,7-9H2,1-2H3,(H2,19,20,21)/p+1. The summed E-state index contributed by atoms with van der Waals surface area (Å²) in [6, 6.07) is 8.85. The fourth-order valence-electron chi connectivity index (χ4n) is 3.80. The van der Waals surface area contributed by atoms with Crippen LogP contribution < -0.4 is 10.4 Å². The number of para-hydroxylation sites is 1. The minimum absolute atomic E-state index is 0.437. The number of allylic oxidation sites excluding steroid dienone is 1. The van der Waals surface area contributed by atoms with E-state index in [4.69, 9.17) is 0 Å². The minimum atomic E-state index is 0.437. The summed E-state index contributed by atoms with van der Waals surface area (Å²) < 4.78 is 0. The molecule has 2 aliphatic rings. The first-order valence-corrected chi connectivity index (χ1v) is 8.19. The van der Waals surface area contributed by atoms with Gasteiger partial charge in [0, 0.05) is 5.92 Å². The van der Waals surface area contributed by atoms with E-state index >= 15 is 0 Å². The Morgan fingerprint density at radius 2 is 2.00 bits per heavy atom. The van der Waals surface area contributed by atoms with Gasteiger partial charge in [-0.25, -0.2) is 5.10 Å². The molecule has 0 radical (unpaired) electrons. The fourth-order valence-corrected chi connectivity index (χ4v) is 3.80. The van der Waals surface area contributed by atoms with Crippen LogP contribution in [0.15, 0.2) is 35.9 Å². The Morgan fingerprint density at radius 1 is 1.19 bits per heavy atom. The maximum atomic E-state index is 3.72. The van der Waals surface area contributed by atoms with Gasteiger partial charge in [-0.05, 0) is 49.3 Å². The van der Waals surface area contributed by atoms with Crippen LogP contribution in [0.3, 0.4) is 0 Å². The minimum Gasteiger partial charge on any atom is -0.266 e. The molecular weight excluding hydrogens is 258 g/mol. The third-order valence-electron chi connectivity index (χ3n) is 5.16. The second-order valence-electron chi connectivity index (χ2n) is 6.90. The molecule has 3 nitrogen and oxygen atoms in total. The van der Waals surface area contributed by atoms with Crippen LogP contribution in [-0.4, -0.2) is 11.1 Å². The van der Waals surface area contributed by atoms with Crippen LogP contribution in [0.5, 0.6) is 0 Å². The van der Waals surface area contributed by atoms with Crippen LogP contribution in [0.25, 0.3) is 10.9 Å². The van der Waals surface area contributed by atoms with Gasteiger partial charge in [0.2, 0.25) is 0 Å². The quantitative estimate of drug-likeness (QED) is 0.827. The van der Waals surface area contributed by atoms with Gasteiger partial charge in [-0.15, -0.1) is 0 Å². The van der Waals surface area contributed by atoms with E-state index in [2.05, 4.69) is 59.7 Å². The SMILES string of the molecule is CC1CC(C)C(Nc2[nH+][nH]c3ccccc23)C=C1C1CC1. The molecule has 3 atom stereocenters. The van der Waals surface area contributed by atoms with Crippen molar-refractivity contribution in [2.75, 3.05) is 5.32 Å². The Balaban J connectivity index is 1.63. The van der Waals surface area contributed by atoms with Crippen molar-refractivity contribution >= 4 is 16.7 Å².